The molecule has 0 aliphatic rings. The Balaban J connectivity index is 2.58. The van der Waals surface area contributed by atoms with Crippen LogP contribution in [0.5, 0.6) is 0 Å². The lowest BCUT2D eigenvalue weighted by Gasteiger charge is -2.09. The number of aromatic nitrogens is 3. The summed E-state index contributed by atoms with van der Waals surface area (Å²) in [4.78, 5) is 33.9. The number of hydrogen-bond acceptors (Lipinski definition) is 4. The minimum atomic E-state index is -0.320. The number of rotatable bonds is 3. The van der Waals surface area contributed by atoms with Crippen LogP contribution in [-0.4, -0.2) is 20.9 Å². The first-order chi connectivity index (χ1) is 9.11. The predicted molar refractivity (Wildman–Crippen MR) is 71.8 cm³/mol. The molecule has 0 aliphatic heterocycles. The van der Waals surface area contributed by atoms with Crippen molar-refractivity contribution in [3.63, 3.8) is 0 Å². The summed E-state index contributed by atoms with van der Waals surface area (Å²) in [6, 6.07) is 1.63. The van der Waals surface area contributed by atoms with Crippen LogP contribution in [0.4, 0.5) is 5.69 Å². The van der Waals surface area contributed by atoms with Crippen LogP contribution in [-0.2, 0) is 11.2 Å². The standard InChI is InChI=1S/C13H14N4O2/c1-3-10-9(12-7-14-4-5-15-12)6-11(13(19)17-10)16-8(2)18/h4-7H,3H2,1-2H3,(H,16,18)(H,17,19). The van der Waals surface area contributed by atoms with Crippen molar-refractivity contribution in [1.29, 1.82) is 0 Å². The highest BCUT2D eigenvalue weighted by Gasteiger charge is 2.11. The molecule has 1 amide bonds. The van der Waals surface area contributed by atoms with Crippen LogP contribution in [0.3, 0.4) is 0 Å². The van der Waals surface area contributed by atoms with Gasteiger partial charge < -0.3 is 10.3 Å². The number of nitrogens with zero attached hydrogens (tertiary/aromatic N) is 2. The highest BCUT2D eigenvalue weighted by Crippen LogP contribution is 2.21. The molecule has 2 N–H and O–H groups in total. The molecule has 0 aliphatic carbocycles. The summed E-state index contributed by atoms with van der Waals surface area (Å²) in [5.41, 5.74) is 2.07. The van der Waals surface area contributed by atoms with E-state index in [1.54, 1.807) is 24.7 Å². The Morgan fingerprint density at radius 2 is 2.21 bits per heavy atom. The van der Waals surface area contributed by atoms with E-state index >= 15 is 0 Å². The number of carbonyl (C=O) groups is 1. The quantitative estimate of drug-likeness (QED) is 0.870. The normalized spacial score (nSPS) is 10.2. The molecule has 0 radical (unpaired) electrons. The Bertz CT molecular complexity index is 649. The number of hydrogen-bond donors (Lipinski definition) is 2. The van der Waals surface area contributed by atoms with Gasteiger partial charge in [-0.2, -0.15) is 0 Å². The van der Waals surface area contributed by atoms with Crippen molar-refractivity contribution in [1.82, 2.24) is 15.0 Å². The number of aromatic amines is 1. The van der Waals surface area contributed by atoms with Crippen molar-refractivity contribution in [2.75, 3.05) is 5.32 Å². The van der Waals surface area contributed by atoms with Gasteiger partial charge in [0.2, 0.25) is 5.91 Å². The largest absolute Gasteiger partial charge is 0.324 e. The first-order valence-electron chi connectivity index (χ1n) is 5.92. The third-order valence-corrected chi connectivity index (χ3v) is 2.63. The summed E-state index contributed by atoms with van der Waals surface area (Å²) >= 11 is 0. The van der Waals surface area contributed by atoms with Crippen molar-refractivity contribution in [2.24, 2.45) is 0 Å². The first kappa shape index (κ1) is 12.9. The maximum Gasteiger partial charge on any atom is 0.271 e. The maximum absolute atomic E-state index is 11.8. The van der Waals surface area contributed by atoms with Gasteiger partial charge in [-0.1, -0.05) is 6.92 Å². The fourth-order valence-corrected chi connectivity index (χ4v) is 1.80. The van der Waals surface area contributed by atoms with E-state index in [1.165, 1.54) is 6.92 Å². The van der Waals surface area contributed by atoms with Gasteiger partial charge >= 0.3 is 0 Å². The molecule has 0 fully saturated rings. The molecular weight excluding hydrogens is 244 g/mol. The first-order valence-corrected chi connectivity index (χ1v) is 5.92. The van der Waals surface area contributed by atoms with Crippen LogP contribution in [0.15, 0.2) is 29.5 Å². The van der Waals surface area contributed by atoms with Gasteiger partial charge in [0, 0.05) is 30.6 Å². The second-order valence-electron chi connectivity index (χ2n) is 4.03. The van der Waals surface area contributed by atoms with Gasteiger partial charge in [0.15, 0.2) is 0 Å². The Labute approximate surface area is 109 Å². The molecule has 0 unspecified atom stereocenters. The number of carbonyl (C=O) groups excluding carboxylic acids is 1. The molecule has 6 nitrogen and oxygen atoms in total. The van der Waals surface area contributed by atoms with Crippen LogP contribution >= 0.6 is 0 Å². The maximum atomic E-state index is 11.8. The average Bonchev–Trinajstić information content (AvgIpc) is 2.41. The van der Waals surface area contributed by atoms with Gasteiger partial charge in [-0.15, -0.1) is 0 Å². The molecule has 0 spiro atoms. The SMILES string of the molecule is CCc1[nH]c(=O)c(NC(C)=O)cc1-c1cnccn1. The lowest BCUT2D eigenvalue weighted by Crippen LogP contribution is -2.19. The Morgan fingerprint density at radius 1 is 1.42 bits per heavy atom. The van der Waals surface area contributed by atoms with Gasteiger partial charge in [0.1, 0.15) is 5.69 Å². The van der Waals surface area contributed by atoms with E-state index in [0.717, 1.165) is 11.3 Å². The second kappa shape index (κ2) is 5.43. The average molecular weight is 258 g/mol. The number of aryl methyl sites for hydroxylation is 1. The molecule has 2 heterocycles. The molecule has 19 heavy (non-hydrogen) atoms. The molecule has 6 heteroatoms. The summed E-state index contributed by atoms with van der Waals surface area (Å²) in [5.74, 6) is -0.292. The minimum Gasteiger partial charge on any atom is -0.324 e. The van der Waals surface area contributed by atoms with Crippen molar-refractivity contribution >= 4 is 11.6 Å². The number of amides is 1. The van der Waals surface area contributed by atoms with E-state index in [0.29, 0.717) is 12.1 Å². The van der Waals surface area contributed by atoms with Gasteiger partial charge in [-0.3, -0.25) is 19.6 Å². The number of H-pyrrole nitrogens is 1. The number of anilines is 1. The molecule has 0 saturated carbocycles. The van der Waals surface area contributed by atoms with Gasteiger partial charge in [0.25, 0.3) is 5.56 Å². The fourth-order valence-electron chi connectivity index (χ4n) is 1.80. The van der Waals surface area contributed by atoms with E-state index in [2.05, 4.69) is 20.3 Å². The van der Waals surface area contributed by atoms with E-state index < -0.39 is 0 Å². The van der Waals surface area contributed by atoms with Crippen LogP contribution in [0, 0.1) is 0 Å². The van der Waals surface area contributed by atoms with E-state index in [-0.39, 0.29) is 17.2 Å². The van der Waals surface area contributed by atoms with Crippen LogP contribution in [0.1, 0.15) is 19.5 Å². The molecular formula is C13H14N4O2. The third-order valence-electron chi connectivity index (χ3n) is 2.63. The fraction of sp³-hybridized carbons (Fsp3) is 0.231. The molecule has 2 rings (SSSR count). The third kappa shape index (κ3) is 2.85. The zero-order chi connectivity index (χ0) is 13.8. The van der Waals surface area contributed by atoms with E-state index in [4.69, 9.17) is 0 Å². The summed E-state index contributed by atoms with van der Waals surface area (Å²) in [5, 5.41) is 2.50. The zero-order valence-corrected chi connectivity index (χ0v) is 10.7. The summed E-state index contributed by atoms with van der Waals surface area (Å²) in [6.45, 7) is 3.29. The van der Waals surface area contributed by atoms with Gasteiger partial charge in [0.05, 0.1) is 11.9 Å². The Kier molecular flexibility index (Phi) is 3.70. The summed E-state index contributed by atoms with van der Waals surface area (Å²) in [6.07, 6.45) is 5.43. The zero-order valence-electron chi connectivity index (χ0n) is 10.7. The summed E-state index contributed by atoms with van der Waals surface area (Å²) in [7, 11) is 0. The molecule has 0 aromatic carbocycles. The molecule has 0 saturated heterocycles. The molecule has 2 aromatic rings. The molecule has 2 aromatic heterocycles. The molecule has 0 atom stereocenters. The molecule has 0 bridgehead atoms. The smallest absolute Gasteiger partial charge is 0.271 e. The second-order valence-corrected chi connectivity index (χ2v) is 4.03. The van der Waals surface area contributed by atoms with Crippen LogP contribution in [0.2, 0.25) is 0 Å². The Hall–Kier alpha value is -2.50. The predicted octanol–water partition coefficient (Wildman–Crippen LogP) is 1.35. The molecule has 98 valence electrons. The topological polar surface area (TPSA) is 87.7 Å². The summed E-state index contributed by atoms with van der Waals surface area (Å²) < 4.78 is 0. The van der Waals surface area contributed by atoms with Gasteiger partial charge in [-0.05, 0) is 12.5 Å². The lowest BCUT2D eigenvalue weighted by molar-refractivity contribution is -0.114. The van der Waals surface area contributed by atoms with Crippen molar-refractivity contribution < 1.29 is 4.79 Å². The van der Waals surface area contributed by atoms with Crippen LogP contribution < -0.4 is 10.9 Å². The van der Waals surface area contributed by atoms with Crippen molar-refractivity contribution in [3.05, 3.63) is 40.7 Å². The Morgan fingerprint density at radius 3 is 2.79 bits per heavy atom. The van der Waals surface area contributed by atoms with E-state index in [1.807, 2.05) is 6.92 Å². The highest BCUT2D eigenvalue weighted by atomic mass is 16.2. The lowest BCUT2D eigenvalue weighted by atomic mass is 10.1. The van der Waals surface area contributed by atoms with Crippen LogP contribution in [0.25, 0.3) is 11.3 Å². The van der Waals surface area contributed by atoms with Crippen molar-refractivity contribution in [3.8, 4) is 11.3 Å². The monoisotopic (exact) mass is 258 g/mol. The number of nitrogens with one attached hydrogen (secondary N) is 2. The highest BCUT2D eigenvalue weighted by molar-refractivity contribution is 5.89. The van der Waals surface area contributed by atoms with E-state index in [9.17, 15) is 9.59 Å². The minimum absolute atomic E-state index is 0.213. The van der Waals surface area contributed by atoms with Gasteiger partial charge in [-0.25, -0.2) is 0 Å². The number of pyridine rings is 1. The van der Waals surface area contributed by atoms with Crippen molar-refractivity contribution in [2.45, 2.75) is 20.3 Å².